The van der Waals surface area contributed by atoms with Crippen LogP contribution in [0.4, 0.5) is 8.78 Å². The number of alkyl halides is 2. The zero-order chi connectivity index (χ0) is 35.7. The first-order valence-electron chi connectivity index (χ1n) is 17.1. The standard InChI is InChI=1S/C19H29FN2O3.C17H25FN2O3/c1-5-25-19(24)17(8-13(2)3)22-10-15(14(4)9-18(22)23)6-7-21-11-16(20)12-21;1-11(2)6-15(17(22)23)20-8-13(12(3)7-16(20)21)4-5-19-9-14(18)10-19/h9-10,13,16-17H,5-8,11-12H2,1-4H3;7-8,11,14-15H,4-6,9-10H2,1-3H3,(H,22,23). The molecule has 2 saturated heterocycles. The van der Waals surface area contributed by atoms with Crippen molar-refractivity contribution in [3.05, 3.63) is 67.5 Å². The fourth-order valence-electron chi connectivity index (χ4n) is 6.11. The van der Waals surface area contributed by atoms with Gasteiger partial charge in [-0.05, 0) is 80.5 Å². The summed E-state index contributed by atoms with van der Waals surface area (Å²) in [4.78, 5) is 52.6. The van der Waals surface area contributed by atoms with E-state index in [1.165, 1.54) is 15.2 Å². The number of carbonyl (C=O) groups excluding carboxylic acids is 1. The van der Waals surface area contributed by atoms with E-state index in [0.717, 1.165) is 41.8 Å². The molecule has 2 aliphatic rings. The number of hydrogen-bond acceptors (Lipinski definition) is 7. The van der Waals surface area contributed by atoms with E-state index in [2.05, 4.69) is 4.90 Å². The van der Waals surface area contributed by atoms with Crippen LogP contribution in [0.2, 0.25) is 0 Å². The molecule has 12 heteroatoms. The minimum Gasteiger partial charge on any atom is -0.480 e. The Kier molecular flexibility index (Phi) is 14.5. The molecule has 2 atom stereocenters. The van der Waals surface area contributed by atoms with Gasteiger partial charge < -0.3 is 19.0 Å². The van der Waals surface area contributed by atoms with E-state index in [1.54, 1.807) is 25.4 Å². The van der Waals surface area contributed by atoms with E-state index < -0.39 is 30.4 Å². The molecule has 268 valence electrons. The summed E-state index contributed by atoms with van der Waals surface area (Å²) in [6, 6.07) is 1.63. The number of aryl methyl sites for hydroxylation is 2. The van der Waals surface area contributed by atoms with Gasteiger partial charge in [-0.25, -0.2) is 18.4 Å². The third-order valence-electron chi connectivity index (χ3n) is 8.92. The van der Waals surface area contributed by atoms with E-state index >= 15 is 0 Å². The van der Waals surface area contributed by atoms with E-state index in [4.69, 9.17) is 4.74 Å². The highest BCUT2D eigenvalue weighted by atomic mass is 19.1. The maximum absolute atomic E-state index is 12.9. The Hall–Kier alpha value is -3.38. The fourth-order valence-corrected chi connectivity index (χ4v) is 6.11. The SMILES string of the molecule is CCOC(=O)C(CC(C)C)n1cc(CCN2CC(F)C2)c(C)cc1=O.Cc1cc(=O)n(C(CC(C)C)C(=O)O)cc1CCN1CC(F)C1. The second-order valence-corrected chi connectivity index (χ2v) is 14.0. The highest BCUT2D eigenvalue weighted by Gasteiger charge is 2.28. The molecule has 0 bridgehead atoms. The van der Waals surface area contributed by atoms with Gasteiger partial charge in [0.1, 0.15) is 24.4 Å². The van der Waals surface area contributed by atoms with Crippen LogP contribution in [-0.2, 0) is 27.2 Å². The van der Waals surface area contributed by atoms with Crippen molar-refractivity contribution in [1.29, 1.82) is 0 Å². The largest absolute Gasteiger partial charge is 0.480 e. The van der Waals surface area contributed by atoms with Crippen LogP contribution in [0.5, 0.6) is 0 Å². The summed E-state index contributed by atoms with van der Waals surface area (Å²) in [5, 5.41) is 9.45. The number of ether oxygens (including phenoxy) is 1. The molecule has 2 fully saturated rings. The summed E-state index contributed by atoms with van der Waals surface area (Å²) in [6.07, 6.45) is 4.40. The summed E-state index contributed by atoms with van der Waals surface area (Å²) in [5.74, 6) is -0.918. The van der Waals surface area contributed by atoms with Crippen LogP contribution in [-0.4, -0.2) is 94.2 Å². The number of rotatable bonds is 15. The van der Waals surface area contributed by atoms with Crippen LogP contribution in [0.25, 0.3) is 0 Å². The van der Waals surface area contributed by atoms with Crippen LogP contribution in [0, 0.1) is 25.7 Å². The number of pyridine rings is 2. The highest BCUT2D eigenvalue weighted by Crippen LogP contribution is 2.21. The molecule has 2 aliphatic heterocycles. The van der Waals surface area contributed by atoms with Crippen molar-refractivity contribution in [1.82, 2.24) is 18.9 Å². The average molecular weight is 677 g/mol. The Balaban J connectivity index is 0.000000261. The summed E-state index contributed by atoms with van der Waals surface area (Å²) in [7, 11) is 0. The zero-order valence-corrected chi connectivity index (χ0v) is 29.6. The summed E-state index contributed by atoms with van der Waals surface area (Å²) in [6.45, 7) is 17.1. The molecule has 1 N–H and O–H groups in total. The molecule has 0 aromatic carbocycles. The lowest BCUT2D eigenvalue weighted by Crippen LogP contribution is -2.49. The minimum atomic E-state index is -0.987. The number of carboxylic acid groups (broad SMARTS) is 1. The van der Waals surface area contributed by atoms with Gasteiger partial charge in [0, 0.05) is 63.8 Å². The fraction of sp³-hybridized carbons (Fsp3) is 0.667. The lowest BCUT2D eigenvalue weighted by atomic mass is 10.0. The number of nitrogens with zero attached hydrogens (tertiary/aromatic N) is 4. The van der Waals surface area contributed by atoms with Crippen molar-refractivity contribution in [3.63, 3.8) is 0 Å². The van der Waals surface area contributed by atoms with Gasteiger partial charge in [-0.1, -0.05) is 27.7 Å². The number of esters is 1. The average Bonchev–Trinajstić information content (AvgIpc) is 2.96. The van der Waals surface area contributed by atoms with Crippen LogP contribution in [0.1, 0.15) is 81.8 Å². The molecular weight excluding hydrogens is 622 g/mol. The van der Waals surface area contributed by atoms with Crippen LogP contribution >= 0.6 is 0 Å². The van der Waals surface area contributed by atoms with Crippen molar-refractivity contribution in [2.75, 3.05) is 45.9 Å². The van der Waals surface area contributed by atoms with Gasteiger partial charge in [-0.3, -0.25) is 19.4 Å². The summed E-state index contributed by atoms with van der Waals surface area (Å²) >= 11 is 0. The molecule has 2 aromatic heterocycles. The normalized spacial score (nSPS) is 17.0. The van der Waals surface area contributed by atoms with E-state index in [1.807, 2.05) is 46.4 Å². The lowest BCUT2D eigenvalue weighted by molar-refractivity contribution is -0.147. The first kappa shape index (κ1) is 39.1. The van der Waals surface area contributed by atoms with Gasteiger partial charge in [0.2, 0.25) is 0 Å². The number of carbonyl (C=O) groups is 2. The molecule has 0 saturated carbocycles. The highest BCUT2D eigenvalue weighted by molar-refractivity contribution is 5.74. The first-order valence-corrected chi connectivity index (χ1v) is 17.1. The van der Waals surface area contributed by atoms with Crippen molar-refractivity contribution in [2.24, 2.45) is 11.8 Å². The molecule has 2 aromatic rings. The summed E-state index contributed by atoms with van der Waals surface area (Å²) < 4.78 is 33.8. The zero-order valence-electron chi connectivity index (χ0n) is 29.6. The number of likely N-dealkylation sites (tertiary alicyclic amines) is 2. The van der Waals surface area contributed by atoms with E-state index in [0.29, 0.717) is 52.0 Å². The van der Waals surface area contributed by atoms with E-state index in [9.17, 15) is 33.1 Å². The Labute approximate surface area is 282 Å². The monoisotopic (exact) mass is 676 g/mol. The quantitative estimate of drug-likeness (QED) is 0.274. The predicted molar refractivity (Wildman–Crippen MR) is 182 cm³/mol. The van der Waals surface area contributed by atoms with Crippen molar-refractivity contribution < 1.29 is 28.2 Å². The number of aliphatic carboxylic acids is 1. The van der Waals surface area contributed by atoms with Gasteiger partial charge in [0.15, 0.2) is 0 Å². The number of halogens is 2. The van der Waals surface area contributed by atoms with E-state index in [-0.39, 0.29) is 28.9 Å². The smallest absolute Gasteiger partial charge is 0.329 e. The molecule has 2 unspecified atom stereocenters. The lowest BCUT2D eigenvalue weighted by Gasteiger charge is -2.34. The Morgan fingerprint density at radius 1 is 0.792 bits per heavy atom. The molecule has 4 heterocycles. The second-order valence-electron chi connectivity index (χ2n) is 14.0. The maximum atomic E-state index is 12.9. The Morgan fingerprint density at radius 2 is 1.19 bits per heavy atom. The van der Waals surface area contributed by atoms with Gasteiger partial charge >= 0.3 is 11.9 Å². The number of hydrogen-bond donors (Lipinski definition) is 1. The number of carboxylic acids is 1. The molecule has 48 heavy (non-hydrogen) atoms. The molecule has 10 nitrogen and oxygen atoms in total. The van der Waals surface area contributed by atoms with Gasteiger partial charge in [-0.2, -0.15) is 0 Å². The topological polar surface area (TPSA) is 114 Å². The van der Waals surface area contributed by atoms with Crippen molar-refractivity contribution >= 4 is 11.9 Å². The first-order chi connectivity index (χ1) is 22.6. The van der Waals surface area contributed by atoms with Crippen LogP contribution in [0.15, 0.2) is 34.1 Å². The third-order valence-corrected chi connectivity index (χ3v) is 8.92. The maximum Gasteiger partial charge on any atom is 0.329 e. The number of aromatic nitrogens is 2. The second kappa shape index (κ2) is 17.9. The van der Waals surface area contributed by atoms with Crippen LogP contribution in [0.3, 0.4) is 0 Å². The molecule has 4 rings (SSSR count). The van der Waals surface area contributed by atoms with Crippen molar-refractivity contribution in [2.45, 2.75) is 98.6 Å². The Bertz CT molecular complexity index is 1490. The summed E-state index contributed by atoms with van der Waals surface area (Å²) in [5.41, 5.74) is 3.25. The van der Waals surface area contributed by atoms with Crippen LogP contribution < -0.4 is 11.1 Å². The van der Waals surface area contributed by atoms with Crippen molar-refractivity contribution in [3.8, 4) is 0 Å². The molecule has 0 aliphatic carbocycles. The minimum absolute atomic E-state index is 0.176. The molecule has 0 radical (unpaired) electrons. The Morgan fingerprint density at radius 3 is 1.54 bits per heavy atom. The van der Waals surface area contributed by atoms with Gasteiger partial charge in [0.05, 0.1) is 6.61 Å². The predicted octanol–water partition coefficient (Wildman–Crippen LogP) is 4.53. The van der Waals surface area contributed by atoms with Gasteiger partial charge in [-0.15, -0.1) is 0 Å². The molecular formula is C36H54F2N4O6. The van der Waals surface area contributed by atoms with Gasteiger partial charge in [0.25, 0.3) is 11.1 Å². The third kappa shape index (κ3) is 11.1. The molecule has 0 amide bonds. The molecule has 0 spiro atoms.